The minimum Gasteiger partial charge on any atom is -0.492 e. The van der Waals surface area contributed by atoms with Crippen LogP contribution >= 0.6 is 11.6 Å². The summed E-state index contributed by atoms with van der Waals surface area (Å²) in [7, 11) is 0. The third kappa shape index (κ3) is 4.23. The van der Waals surface area contributed by atoms with Crippen molar-refractivity contribution in [1.82, 2.24) is 5.43 Å². The quantitative estimate of drug-likeness (QED) is 0.635. The number of benzene rings is 2. The predicted octanol–water partition coefficient (Wildman–Crippen LogP) is 3.10. The minimum absolute atomic E-state index is 0.0510. The highest BCUT2D eigenvalue weighted by molar-refractivity contribution is 6.30. The van der Waals surface area contributed by atoms with Crippen LogP contribution in [-0.2, 0) is 6.42 Å². The Hall–Kier alpha value is -1.55. The van der Waals surface area contributed by atoms with E-state index >= 15 is 0 Å². The van der Waals surface area contributed by atoms with Crippen LogP contribution in [0.15, 0.2) is 48.5 Å². The predicted molar refractivity (Wildman–Crippen MR) is 82.9 cm³/mol. The van der Waals surface area contributed by atoms with Crippen LogP contribution in [0.4, 0.5) is 0 Å². The van der Waals surface area contributed by atoms with Gasteiger partial charge in [-0.2, -0.15) is 0 Å². The van der Waals surface area contributed by atoms with Crippen molar-refractivity contribution in [3.05, 3.63) is 64.7 Å². The van der Waals surface area contributed by atoms with Crippen LogP contribution in [-0.4, -0.2) is 12.6 Å². The molecule has 0 saturated heterocycles. The van der Waals surface area contributed by atoms with E-state index in [1.807, 2.05) is 30.3 Å². The molecule has 0 aliphatic carbocycles. The van der Waals surface area contributed by atoms with Gasteiger partial charge in [0, 0.05) is 5.02 Å². The zero-order valence-corrected chi connectivity index (χ0v) is 12.2. The Bertz CT molecular complexity index is 560. The Kier molecular flexibility index (Phi) is 5.41. The average molecular weight is 291 g/mol. The molecule has 0 fully saturated rings. The number of rotatable bonds is 6. The fraction of sp³-hybridized carbons (Fsp3) is 0.250. The van der Waals surface area contributed by atoms with E-state index in [0.717, 1.165) is 12.2 Å². The molecule has 0 saturated carbocycles. The molecule has 1 atom stereocenters. The standard InChI is InChI=1S/C16H19ClN2O/c1-12-5-2-3-6-13(12)9-15(19-18)11-20-16-8-4-7-14(17)10-16/h2-8,10,15,19H,9,11,18H2,1H3. The van der Waals surface area contributed by atoms with Crippen LogP contribution in [0.3, 0.4) is 0 Å². The molecule has 0 aliphatic heterocycles. The van der Waals surface area contributed by atoms with Crippen molar-refractivity contribution in [1.29, 1.82) is 0 Å². The minimum atomic E-state index is 0.0510. The highest BCUT2D eigenvalue weighted by Gasteiger charge is 2.10. The van der Waals surface area contributed by atoms with Crippen LogP contribution in [0.2, 0.25) is 5.02 Å². The molecule has 0 aliphatic rings. The molecule has 106 valence electrons. The van der Waals surface area contributed by atoms with E-state index in [1.165, 1.54) is 11.1 Å². The molecule has 2 aromatic carbocycles. The van der Waals surface area contributed by atoms with Gasteiger partial charge in [0.25, 0.3) is 0 Å². The molecule has 0 amide bonds. The Balaban J connectivity index is 1.94. The van der Waals surface area contributed by atoms with Gasteiger partial charge in [-0.25, -0.2) is 0 Å². The van der Waals surface area contributed by atoms with Gasteiger partial charge in [-0.3, -0.25) is 11.3 Å². The molecule has 3 N–H and O–H groups in total. The summed E-state index contributed by atoms with van der Waals surface area (Å²) in [5, 5.41) is 0.665. The number of hydrogen-bond acceptors (Lipinski definition) is 3. The van der Waals surface area contributed by atoms with Gasteiger partial charge in [-0.15, -0.1) is 0 Å². The van der Waals surface area contributed by atoms with Crippen LogP contribution in [0.1, 0.15) is 11.1 Å². The normalized spacial score (nSPS) is 12.2. The molecule has 4 heteroatoms. The molecule has 20 heavy (non-hydrogen) atoms. The lowest BCUT2D eigenvalue weighted by Gasteiger charge is -2.18. The highest BCUT2D eigenvalue weighted by Crippen LogP contribution is 2.17. The molecule has 3 nitrogen and oxygen atoms in total. The number of ether oxygens (including phenoxy) is 1. The van der Waals surface area contributed by atoms with Gasteiger partial charge in [0.2, 0.25) is 0 Å². The highest BCUT2D eigenvalue weighted by atomic mass is 35.5. The summed E-state index contributed by atoms with van der Waals surface area (Å²) in [5.74, 6) is 6.36. The smallest absolute Gasteiger partial charge is 0.120 e. The third-order valence-electron chi connectivity index (χ3n) is 3.21. The summed E-state index contributed by atoms with van der Waals surface area (Å²) in [5.41, 5.74) is 5.33. The van der Waals surface area contributed by atoms with Crippen LogP contribution in [0.25, 0.3) is 0 Å². The number of halogens is 1. The summed E-state index contributed by atoms with van der Waals surface area (Å²) >= 11 is 5.92. The number of hydrogen-bond donors (Lipinski definition) is 2. The first-order valence-electron chi connectivity index (χ1n) is 6.58. The maximum atomic E-state index is 5.92. The van der Waals surface area contributed by atoms with Gasteiger partial charge in [-0.05, 0) is 42.7 Å². The van der Waals surface area contributed by atoms with E-state index in [2.05, 4.69) is 24.5 Å². The molecular weight excluding hydrogens is 272 g/mol. The number of nitrogens with two attached hydrogens (primary N) is 1. The largest absolute Gasteiger partial charge is 0.492 e. The Morgan fingerprint density at radius 1 is 1.20 bits per heavy atom. The second kappa shape index (κ2) is 7.29. The Morgan fingerprint density at radius 3 is 2.70 bits per heavy atom. The molecule has 2 aromatic rings. The van der Waals surface area contributed by atoms with Crippen molar-refractivity contribution >= 4 is 11.6 Å². The molecular formula is C16H19ClN2O. The van der Waals surface area contributed by atoms with E-state index in [-0.39, 0.29) is 6.04 Å². The van der Waals surface area contributed by atoms with Gasteiger partial charge in [0.1, 0.15) is 12.4 Å². The van der Waals surface area contributed by atoms with E-state index in [0.29, 0.717) is 11.6 Å². The van der Waals surface area contributed by atoms with Crippen molar-refractivity contribution in [3.8, 4) is 5.75 Å². The van der Waals surface area contributed by atoms with E-state index in [4.69, 9.17) is 22.2 Å². The van der Waals surface area contributed by atoms with Gasteiger partial charge in [-0.1, -0.05) is 41.9 Å². The van der Waals surface area contributed by atoms with Crippen molar-refractivity contribution in [2.75, 3.05) is 6.61 Å². The summed E-state index contributed by atoms with van der Waals surface area (Å²) in [4.78, 5) is 0. The molecule has 0 spiro atoms. The van der Waals surface area contributed by atoms with Crippen molar-refractivity contribution in [3.63, 3.8) is 0 Å². The SMILES string of the molecule is Cc1ccccc1CC(COc1cccc(Cl)c1)NN. The molecule has 0 heterocycles. The molecule has 0 radical (unpaired) electrons. The summed E-state index contributed by atoms with van der Waals surface area (Å²) < 4.78 is 5.72. The fourth-order valence-corrected chi connectivity index (χ4v) is 2.20. The first-order valence-corrected chi connectivity index (χ1v) is 6.96. The topological polar surface area (TPSA) is 47.3 Å². The maximum Gasteiger partial charge on any atom is 0.120 e. The van der Waals surface area contributed by atoms with Crippen LogP contribution < -0.4 is 16.0 Å². The summed E-state index contributed by atoms with van der Waals surface area (Å²) in [6, 6.07) is 15.7. The number of hydrazine groups is 1. The maximum absolute atomic E-state index is 5.92. The van der Waals surface area contributed by atoms with Gasteiger partial charge in [0.15, 0.2) is 0 Å². The molecule has 1 unspecified atom stereocenters. The van der Waals surface area contributed by atoms with Crippen LogP contribution in [0, 0.1) is 6.92 Å². The Labute approximate surface area is 124 Å². The fourth-order valence-electron chi connectivity index (χ4n) is 2.02. The molecule has 0 bridgehead atoms. The zero-order chi connectivity index (χ0) is 14.4. The van der Waals surface area contributed by atoms with E-state index in [9.17, 15) is 0 Å². The first kappa shape index (κ1) is 14.9. The zero-order valence-electron chi connectivity index (χ0n) is 11.5. The monoisotopic (exact) mass is 290 g/mol. The second-order valence-corrected chi connectivity index (χ2v) is 5.20. The number of aryl methyl sites for hydroxylation is 1. The Morgan fingerprint density at radius 2 is 2.00 bits per heavy atom. The average Bonchev–Trinajstić information content (AvgIpc) is 2.45. The van der Waals surface area contributed by atoms with Crippen LogP contribution in [0.5, 0.6) is 5.75 Å². The first-order chi connectivity index (χ1) is 9.69. The molecule has 0 aromatic heterocycles. The second-order valence-electron chi connectivity index (χ2n) is 4.76. The number of nitrogens with one attached hydrogen (secondary N) is 1. The van der Waals surface area contributed by atoms with Gasteiger partial charge < -0.3 is 4.74 Å². The van der Waals surface area contributed by atoms with Gasteiger partial charge in [0.05, 0.1) is 6.04 Å². The summed E-state index contributed by atoms with van der Waals surface area (Å²) in [6.45, 7) is 2.59. The van der Waals surface area contributed by atoms with Crippen molar-refractivity contribution in [2.45, 2.75) is 19.4 Å². The van der Waals surface area contributed by atoms with Gasteiger partial charge >= 0.3 is 0 Å². The third-order valence-corrected chi connectivity index (χ3v) is 3.45. The van der Waals surface area contributed by atoms with E-state index < -0.39 is 0 Å². The van der Waals surface area contributed by atoms with Crippen molar-refractivity contribution in [2.24, 2.45) is 5.84 Å². The van der Waals surface area contributed by atoms with Crippen molar-refractivity contribution < 1.29 is 4.74 Å². The lowest BCUT2D eigenvalue weighted by molar-refractivity contribution is 0.264. The summed E-state index contributed by atoms with van der Waals surface area (Å²) in [6.07, 6.45) is 0.823. The van der Waals surface area contributed by atoms with E-state index in [1.54, 1.807) is 6.07 Å². The lowest BCUT2D eigenvalue weighted by atomic mass is 10.0. The molecule has 2 rings (SSSR count). The lowest BCUT2D eigenvalue weighted by Crippen LogP contribution is -2.41.